The van der Waals surface area contributed by atoms with E-state index in [0.29, 0.717) is 6.61 Å². The average molecular weight is 238 g/mol. The van der Waals surface area contributed by atoms with Crippen LogP contribution in [0, 0.1) is 5.95 Å². The van der Waals surface area contributed by atoms with E-state index in [1.807, 2.05) is 30.3 Å². The van der Waals surface area contributed by atoms with Gasteiger partial charge >= 0.3 is 0 Å². The Morgan fingerprint density at radius 3 is 2.56 bits per heavy atom. The fourth-order valence-corrected chi connectivity index (χ4v) is 1.32. The molecule has 0 saturated heterocycles. The monoisotopic (exact) mass is 237 g/mol. The van der Waals surface area contributed by atoms with Gasteiger partial charge in [-0.15, -0.1) is 0 Å². The summed E-state index contributed by atoms with van der Waals surface area (Å²) in [5.74, 6) is -0.488. The Morgan fingerprint density at radius 1 is 1.12 bits per heavy atom. The predicted molar refractivity (Wildman–Crippen MR) is 60.0 cm³/mol. The molecule has 0 N–H and O–H groups in total. The van der Waals surface area contributed by atoms with Crippen molar-refractivity contribution in [3.8, 4) is 5.88 Å². The summed E-state index contributed by atoms with van der Waals surface area (Å²) < 4.78 is 18.3. The molecule has 0 saturated carbocycles. The van der Waals surface area contributed by atoms with E-state index in [0.717, 1.165) is 5.56 Å². The largest absolute Gasteiger partial charge is 0.473 e. The standard InChI is InChI=1S/C12H9ClFNO/c13-10-6-7-11(15-12(10)14)16-8-9-4-2-1-3-5-9/h1-7H,8H2. The average Bonchev–Trinajstić information content (AvgIpc) is 2.32. The van der Waals surface area contributed by atoms with Crippen LogP contribution in [-0.2, 0) is 6.61 Å². The number of ether oxygens (including phenoxy) is 1. The van der Waals surface area contributed by atoms with Gasteiger partial charge in [0, 0.05) is 6.07 Å². The molecule has 2 aromatic rings. The summed E-state index contributed by atoms with van der Waals surface area (Å²) in [7, 11) is 0. The van der Waals surface area contributed by atoms with Gasteiger partial charge in [0.2, 0.25) is 11.8 Å². The van der Waals surface area contributed by atoms with Crippen LogP contribution in [-0.4, -0.2) is 4.98 Å². The van der Waals surface area contributed by atoms with Crippen LogP contribution in [0.25, 0.3) is 0 Å². The van der Waals surface area contributed by atoms with Crippen LogP contribution < -0.4 is 4.74 Å². The quantitative estimate of drug-likeness (QED) is 0.763. The van der Waals surface area contributed by atoms with Gasteiger partial charge in [0.05, 0.1) is 5.02 Å². The number of nitrogens with zero attached hydrogens (tertiary/aromatic N) is 1. The number of rotatable bonds is 3. The Kier molecular flexibility index (Phi) is 3.37. The van der Waals surface area contributed by atoms with Gasteiger partial charge in [-0.2, -0.15) is 9.37 Å². The van der Waals surface area contributed by atoms with Gasteiger partial charge in [0.15, 0.2) is 0 Å². The normalized spacial score (nSPS) is 10.1. The molecule has 82 valence electrons. The summed E-state index contributed by atoms with van der Waals surface area (Å²) in [6, 6.07) is 12.5. The number of halogens is 2. The van der Waals surface area contributed by atoms with E-state index in [-0.39, 0.29) is 10.9 Å². The highest BCUT2D eigenvalue weighted by atomic mass is 35.5. The molecule has 0 aliphatic rings. The van der Waals surface area contributed by atoms with Crippen molar-refractivity contribution in [3.63, 3.8) is 0 Å². The molecule has 0 fully saturated rings. The molecule has 0 aliphatic carbocycles. The zero-order chi connectivity index (χ0) is 11.4. The molecule has 16 heavy (non-hydrogen) atoms. The highest BCUT2D eigenvalue weighted by Gasteiger charge is 2.03. The SMILES string of the molecule is Fc1nc(OCc2ccccc2)ccc1Cl. The van der Waals surface area contributed by atoms with E-state index in [1.54, 1.807) is 0 Å². The van der Waals surface area contributed by atoms with Gasteiger partial charge in [-0.1, -0.05) is 41.9 Å². The van der Waals surface area contributed by atoms with Crippen molar-refractivity contribution in [1.82, 2.24) is 4.98 Å². The summed E-state index contributed by atoms with van der Waals surface area (Å²) in [5.41, 5.74) is 1.000. The first-order chi connectivity index (χ1) is 7.75. The lowest BCUT2D eigenvalue weighted by Crippen LogP contribution is -1.98. The van der Waals surface area contributed by atoms with Crippen LogP contribution in [0.1, 0.15) is 5.56 Å². The van der Waals surface area contributed by atoms with Crippen molar-refractivity contribution < 1.29 is 9.13 Å². The third kappa shape index (κ3) is 2.70. The van der Waals surface area contributed by atoms with Crippen molar-refractivity contribution in [1.29, 1.82) is 0 Å². The molecule has 0 aliphatic heterocycles. The minimum Gasteiger partial charge on any atom is -0.473 e. The third-order valence-electron chi connectivity index (χ3n) is 2.01. The molecule has 1 heterocycles. The molecule has 0 spiro atoms. The Morgan fingerprint density at radius 2 is 1.88 bits per heavy atom. The maximum Gasteiger partial charge on any atom is 0.234 e. The van der Waals surface area contributed by atoms with Crippen LogP contribution in [0.15, 0.2) is 42.5 Å². The zero-order valence-corrected chi connectivity index (χ0v) is 9.12. The van der Waals surface area contributed by atoms with E-state index < -0.39 is 5.95 Å². The fraction of sp³-hybridized carbons (Fsp3) is 0.0833. The second-order valence-electron chi connectivity index (χ2n) is 3.20. The lowest BCUT2D eigenvalue weighted by Gasteiger charge is -2.05. The third-order valence-corrected chi connectivity index (χ3v) is 2.29. The molecule has 2 rings (SSSR count). The Hall–Kier alpha value is -1.61. The van der Waals surface area contributed by atoms with Crippen LogP contribution >= 0.6 is 11.6 Å². The van der Waals surface area contributed by atoms with Crippen LogP contribution in [0.3, 0.4) is 0 Å². The van der Waals surface area contributed by atoms with E-state index in [9.17, 15) is 4.39 Å². The molecule has 0 atom stereocenters. The second kappa shape index (κ2) is 4.94. The number of hydrogen-bond donors (Lipinski definition) is 0. The minimum absolute atomic E-state index is 0.00735. The second-order valence-corrected chi connectivity index (χ2v) is 3.60. The first-order valence-electron chi connectivity index (χ1n) is 4.74. The van der Waals surface area contributed by atoms with Crippen LogP contribution in [0.5, 0.6) is 5.88 Å². The lowest BCUT2D eigenvalue weighted by atomic mass is 10.2. The van der Waals surface area contributed by atoms with Gasteiger partial charge in [0.25, 0.3) is 0 Å². The van der Waals surface area contributed by atoms with E-state index >= 15 is 0 Å². The first kappa shape index (κ1) is 10.9. The number of aromatic nitrogens is 1. The molecule has 0 radical (unpaired) electrons. The lowest BCUT2D eigenvalue weighted by molar-refractivity contribution is 0.289. The predicted octanol–water partition coefficient (Wildman–Crippen LogP) is 3.45. The van der Waals surface area contributed by atoms with Gasteiger partial charge in [-0.3, -0.25) is 0 Å². The molecular formula is C12H9ClFNO. The molecular weight excluding hydrogens is 229 g/mol. The molecule has 0 bridgehead atoms. The summed E-state index contributed by atoms with van der Waals surface area (Å²) >= 11 is 5.50. The fourth-order valence-electron chi connectivity index (χ4n) is 1.21. The first-order valence-corrected chi connectivity index (χ1v) is 5.12. The van der Waals surface area contributed by atoms with Crippen molar-refractivity contribution >= 4 is 11.6 Å². The van der Waals surface area contributed by atoms with Gasteiger partial charge in [0.1, 0.15) is 6.61 Å². The maximum atomic E-state index is 13.0. The Bertz CT molecular complexity index is 476. The van der Waals surface area contributed by atoms with E-state index in [2.05, 4.69) is 4.98 Å². The minimum atomic E-state index is -0.716. The molecule has 2 nitrogen and oxygen atoms in total. The van der Waals surface area contributed by atoms with Crippen molar-refractivity contribution in [2.24, 2.45) is 0 Å². The van der Waals surface area contributed by atoms with Crippen LogP contribution in [0.4, 0.5) is 4.39 Å². The Labute approximate surface area is 97.7 Å². The van der Waals surface area contributed by atoms with E-state index in [4.69, 9.17) is 16.3 Å². The van der Waals surface area contributed by atoms with Gasteiger partial charge in [-0.05, 0) is 11.6 Å². The molecule has 1 aromatic heterocycles. The number of benzene rings is 1. The van der Waals surface area contributed by atoms with Crippen molar-refractivity contribution in [3.05, 3.63) is 59.0 Å². The maximum absolute atomic E-state index is 13.0. The summed E-state index contributed by atoms with van der Waals surface area (Å²) in [6.07, 6.45) is 0. The highest BCUT2D eigenvalue weighted by Crippen LogP contribution is 2.17. The van der Waals surface area contributed by atoms with Crippen molar-refractivity contribution in [2.45, 2.75) is 6.61 Å². The van der Waals surface area contributed by atoms with Gasteiger partial charge < -0.3 is 4.74 Å². The number of pyridine rings is 1. The number of hydrogen-bond acceptors (Lipinski definition) is 2. The molecule has 0 amide bonds. The zero-order valence-electron chi connectivity index (χ0n) is 8.36. The summed E-state index contributed by atoms with van der Waals surface area (Å²) in [5, 5.41) is -0.00735. The van der Waals surface area contributed by atoms with Crippen molar-refractivity contribution in [2.75, 3.05) is 0 Å². The highest BCUT2D eigenvalue weighted by molar-refractivity contribution is 6.30. The molecule has 0 unspecified atom stereocenters. The Balaban J connectivity index is 2.03. The van der Waals surface area contributed by atoms with Crippen LogP contribution in [0.2, 0.25) is 5.02 Å². The molecule has 1 aromatic carbocycles. The van der Waals surface area contributed by atoms with E-state index in [1.165, 1.54) is 12.1 Å². The summed E-state index contributed by atoms with van der Waals surface area (Å²) in [6.45, 7) is 0.356. The molecule has 4 heteroatoms. The topological polar surface area (TPSA) is 22.1 Å². The van der Waals surface area contributed by atoms with Gasteiger partial charge in [-0.25, -0.2) is 0 Å². The smallest absolute Gasteiger partial charge is 0.234 e. The summed E-state index contributed by atoms with van der Waals surface area (Å²) in [4.78, 5) is 3.57.